The molecular weight excluding hydrogens is 272 g/mol. The quantitative estimate of drug-likeness (QED) is 0.837. The Balaban J connectivity index is 2.97. The topological polar surface area (TPSA) is 51.2 Å². The molecule has 0 fully saturated rings. The molecule has 0 amide bonds. The van der Waals surface area contributed by atoms with Crippen LogP contribution in [0.4, 0.5) is 0 Å². The van der Waals surface area contributed by atoms with E-state index in [9.17, 15) is 13.2 Å². The van der Waals surface area contributed by atoms with Crippen LogP contribution in [0, 0.1) is 5.92 Å². The molecule has 112 valence electrons. The van der Waals surface area contributed by atoms with Crippen molar-refractivity contribution in [2.45, 2.75) is 51.3 Å². The van der Waals surface area contributed by atoms with E-state index < -0.39 is 15.6 Å². The minimum absolute atomic E-state index is 0.0190. The number of benzene rings is 1. The van der Waals surface area contributed by atoms with Gasteiger partial charge in [-0.05, 0) is 29.5 Å². The molecule has 3 nitrogen and oxygen atoms in total. The molecule has 20 heavy (non-hydrogen) atoms. The minimum atomic E-state index is -3.53. The molecule has 0 saturated carbocycles. The Morgan fingerprint density at radius 1 is 1.15 bits per heavy atom. The number of hydrogen-bond donors (Lipinski definition) is 0. The minimum Gasteiger partial charge on any atom is -0.298 e. The van der Waals surface area contributed by atoms with Gasteiger partial charge in [0.25, 0.3) is 0 Å². The lowest BCUT2D eigenvalue weighted by atomic mass is 9.87. The number of carbonyl (C=O) groups is 1. The van der Waals surface area contributed by atoms with Gasteiger partial charge in [-0.3, -0.25) is 4.79 Å². The van der Waals surface area contributed by atoms with Crippen LogP contribution in [-0.4, -0.2) is 20.0 Å². The Labute approximate surface area is 122 Å². The van der Waals surface area contributed by atoms with Gasteiger partial charge in [-0.1, -0.05) is 46.8 Å². The summed E-state index contributed by atoms with van der Waals surface area (Å²) in [7, 11) is -3.53. The number of ketones is 1. The molecule has 1 unspecified atom stereocenters. The second-order valence-corrected chi connectivity index (χ2v) is 8.30. The molecule has 0 N–H and O–H groups in total. The summed E-state index contributed by atoms with van der Waals surface area (Å²) in [5.74, 6) is -0.831. The van der Waals surface area contributed by atoms with E-state index in [2.05, 4.69) is 20.8 Å². The second-order valence-electron chi connectivity index (χ2n) is 6.31. The van der Waals surface area contributed by atoms with E-state index >= 15 is 0 Å². The van der Waals surface area contributed by atoms with Crippen molar-refractivity contribution in [1.82, 2.24) is 0 Å². The van der Waals surface area contributed by atoms with E-state index in [-0.39, 0.29) is 22.0 Å². The van der Waals surface area contributed by atoms with Crippen LogP contribution in [0.5, 0.6) is 0 Å². The normalized spacial score (nSPS) is 14.1. The van der Waals surface area contributed by atoms with Gasteiger partial charge in [0, 0.05) is 5.92 Å². The molecule has 0 aromatic heterocycles. The van der Waals surface area contributed by atoms with Crippen LogP contribution >= 0.6 is 0 Å². The van der Waals surface area contributed by atoms with Gasteiger partial charge in [-0.15, -0.1) is 0 Å². The maximum absolute atomic E-state index is 12.2. The highest BCUT2D eigenvalue weighted by Crippen LogP contribution is 2.24. The predicted octanol–water partition coefficient (Wildman–Crippen LogP) is 3.37. The molecule has 1 aromatic rings. The average Bonchev–Trinajstić information content (AvgIpc) is 2.36. The predicted molar refractivity (Wildman–Crippen MR) is 81.7 cm³/mol. The van der Waals surface area contributed by atoms with Gasteiger partial charge in [0.15, 0.2) is 15.6 Å². The highest BCUT2D eigenvalue weighted by Gasteiger charge is 2.23. The zero-order chi connectivity index (χ0) is 15.6. The Hall–Kier alpha value is -1.16. The number of sulfone groups is 1. The van der Waals surface area contributed by atoms with Crippen molar-refractivity contribution in [2.75, 3.05) is 5.75 Å². The number of carbonyl (C=O) groups excluding carboxylic acids is 1. The summed E-state index contributed by atoms with van der Waals surface area (Å²) >= 11 is 0. The third-order valence-electron chi connectivity index (χ3n) is 3.57. The van der Waals surface area contributed by atoms with E-state index in [4.69, 9.17) is 0 Å². The third kappa shape index (κ3) is 4.17. The van der Waals surface area contributed by atoms with E-state index in [1.165, 1.54) is 0 Å². The van der Waals surface area contributed by atoms with Gasteiger partial charge in [-0.25, -0.2) is 8.42 Å². The van der Waals surface area contributed by atoms with Crippen LogP contribution < -0.4 is 0 Å². The molecule has 0 spiro atoms. The number of Topliss-reactive ketones (excluding diaryl/α,β-unsaturated/α-hetero) is 1. The van der Waals surface area contributed by atoms with Gasteiger partial charge < -0.3 is 0 Å². The Bertz CT molecular complexity index is 563. The molecule has 4 heteroatoms. The van der Waals surface area contributed by atoms with Crippen LogP contribution in [0.3, 0.4) is 0 Å². The van der Waals surface area contributed by atoms with Crippen LogP contribution in [-0.2, 0) is 20.0 Å². The lowest BCUT2D eigenvalue weighted by Crippen LogP contribution is -2.22. The van der Waals surface area contributed by atoms with Crippen LogP contribution in [0.15, 0.2) is 29.2 Å². The molecule has 0 aliphatic carbocycles. The van der Waals surface area contributed by atoms with Crippen LogP contribution in [0.2, 0.25) is 0 Å². The van der Waals surface area contributed by atoms with Crippen molar-refractivity contribution in [3.05, 3.63) is 29.8 Å². The lowest BCUT2D eigenvalue weighted by Gasteiger charge is -2.19. The zero-order valence-corrected chi connectivity index (χ0v) is 13.8. The molecule has 1 rings (SSSR count). The summed E-state index contributed by atoms with van der Waals surface area (Å²) in [6.45, 7) is 9.86. The highest BCUT2D eigenvalue weighted by molar-refractivity contribution is 7.92. The number of rotatable bonds is 5. The lowest BCUT2D eigenvalue weighted by molar-refractivity contribution is -0.119. The summed E-state index contributed by atoms with van der Waals surface area (Å²) in [6, 6.07) is 6.83. The fourth-order valence-electron chi connectivity index (χ4n) is 1.80. The van der Waals surface area contributed by atoms with Crippen LogP contribution in [0.1, 0.15) is 46.6 Å². The summed E-state index contributed by atoms with van der Waals surface area (Å²) in [6.07, 6.45) is 0.664. The molecule has 0 aliphatic heterocycles. The largest absolute Gasteiger partial charge is 0.298 e. The fraction of sp³-hybridized carbons (Fsp3) is 0.562. The van der Waals surface area contributed by atoms with Crippen molar-refractivity contribution in [1.29, 1.82) is 0 Å². The zero-order valence-electron chi connectivity index (χ0n) is 12.9. The van der Waals surface area contributed by atoms with Gasteiger partial charge in [0.2, 0.25) is 0 Å². The monoisotopic (exact) mass is 296 g/mol. The highest BCUT2D eigenvalue weighted by atomic mass is 32.2. The molecule has 0 bridgehead atoms. The van der Waals surface area contributed by atoms with Crippen molar-refractivity contribution in [3.8, 4) is 0 Å². The van der Waals surface area contributed by atoms with Crippen molar-refractivity contribution in [3.63, 3.8) is 0 Å². The molecule has 0 radical (unpaired) electrons. The van der Waals surface area contributed by atoms with Crippen molar-refractivity contribution in [2.24, 2.45) is 5.92 Å². The van der Waals surface area contributed by atoms with Crippen LogP contribution in [0.25, 0.3) is 0 Å². The van der Waals surface area contributed by atoms with Gasteiger partial charge in [0.1, 0.15) is 5.75 Å². The summed E-state index contributed by atoms with van der Waals surface area (Å²) in [4.78, 5) is 12.0. The van der Waals surface area contributed by atoms with E-state index in [0.717, 1.165) is 5.56 Å². The first-order valence-electron chi connectivity index (χ1n) is 6.94. The van der Waals surface area contributed by atoms with Gasteiger partial charge >= 0.3 is 0 Å². The van der Waals surface area contributed by atoms with E-state index in [1.54, 1.807) is 19.1 Å². The van der Waals surface area contributed by atoms with E-state index in [0.29, 0.717) is 6.42 Å². The summed E-state index contributed by atoms with van der Waals surface area (Å²) in [5, 5.41) is 0. The average molecular weight is 296 g/mol. The Morgan fingerprint density at radius 3 is 2.05 bits per heavy atom. The molecular formula is C16H24O3S. The molecule has 1 aromatic carbocycles. The third-order valence-corrected chi connectivity index (χ3v) is 5.23. The summed E-state index contributed by atoms with van der Waals surface area (Å²) < 4.78 is 24.4. The standard InChI is InChI=1S/C16H24O3S/c1-6-12(2)15(17)11-20(18,19)14-9-7-13(8-10-14)16(3,4)5/h7-10,12H,6,11H2,1-5H3. The Kier molecular flexibility index (Phi) is 5.14. The van der Waals surface area contributed by atoms with E-state index in [1.807, 2.05) is 19.1 Å². The second kappa shape index (κ2) is 6.08. The molecule has 0 saturated heterocycles. The van der Waals surface area contributed by atoms with Crippen molar-refractivity contribution >= 4 is 15.6 Å². The molecule has 1 atom stereocenters. The van der Waals surface area contributed by atoms with Gasteiger partial charge in [0.05, 0.1) is 4.90 Å². The smallest absolute Gasteiger partial charge is 0.185 e. The van der Waals surface area contributed by atoms with Crippen molar-refractivity contribution < 1.29 is 13.2 Å². The SMILES string of the molecule is CCC(C)C(=O)CS(=O)(=O)c1ccc(C(C)(C)C)cc1. The Morgan fingerprint density at radius 2 is 1.65 bits per heavy atom. The fourth-order valence-corrected chi connectivity index (χ4v) is 3.18. The van der Waals surface area contributed by atoms with Gasteiger partial charge in [-0.2, -0.15) is 0 Å². The maximum Gasteiger partial charge on any atom is 0.185 e. The molecule has 0 heterocycles. The number of hydrogen-bond acceptors (Lipinski definition) is 3. The first-order valence-corrected chi connectivity index (χ1v) is 8.59. The maximum atomic E-state index is 12.2. The summed E-state index contributed by atoms with van der Waals surface area (Å²) in [5.41, 5.74) is 1.05. The first-order chi connectivity index (χ1) is 9.08. The first kappa shape index (κ1) is 16.9. The molecule has 0 aliphatic rings.